The summed E-state index contributed by atoms with van der Waals surface area (Å²) in [6, 6.07) is 0. The van der Waals surface area contributed by atoms with Crippen LogP contribution in [0.5, 0.6) is 0 Å². The predicted octanol–water partition coefficient (Wildman–Crippen LogP) is -7.28. The summed E-state index contributed by atoms with van der Waals surface area (Å²) in [7, 11) is -5.31. The van der Waals surface area contributed by atoms with Crippen LogP contribution < -0.4 is 47.5 Å². The van der Waals surface area contributed by atoms with Gasteiger partial charge in [0.05, 0.1) is 0 Å². The van der Waals surface area contributed by atoms with Gasteiger partial charge in [-0.15, -0.1) is 0 Å². The minimum absolute atomic E-state index is 0. The van der Waals surface area contributed by atoms with Crippen LogP contribution in [0, 0.1) is 0 Å². The molecule has 0 bridgehead atoms. The minimum atomic E-state index is -5.31. The quantitative estimate of drug-likeness (QED) is 0.296. The van der Waals surface area contributed by atoms with E-state index in [1.807, 2.05) is 4.73 Å². The smallest absolute Gasteiger partial charge is 0.787 e. The van der Waals surface area contributed by atoms with E-state index in [1.165, 1.54) is 0 Å². The summed E-state index contributed by atoms with van der Waals surface area (Å²) in [6.45, 7) is 0. The van der Waals surface area contributed by atoms with Crippen LogP contribution in [0.25, 0.3) is 0 Å². The Bertz CT molecular complexity index is 82.6. The summed E-state index contributed by atoms with van der Waals surface area (Å²) in [5.74, 6) is 0. The Morgan fingerprint density at radius 2 is 1.44 bits per heavy atom. The van der Waals surface area contributed by atoms with Gasteiger partial charge in [0, 0.05) is 18.6 Å². The second-order valence-electron chi connectivity index (χ2n) is 0.516. The van der Waals surface area contributed by atoms with E-state index in [9.17, 15) is 4.53 Å². The third-order valence-corrected chi connectivity index (χ3v) is 0.254. The molecule has 0 fully saturated rings. The molecule has 0 aromatic carbocycles. The van der Waals surface area contributed by atoms with Crippen LogP contribution in [-0.2, 0) is 27.8 Å². The molecular formula is FLi2O4PV. The van der Waals surface area contributed by atoms with Crippen LogP contribution in [0.3, 0.4) is 0 Å². The Hall–Kier alpha value is 1.82. The van der Waals surface area contributed by atoms with Crippen LogP contribution in [-0.4, -0.2) is 0 Å². The number of hydrogen-bond donors (Lipinski definition) is 0. The molecule has 0 heterocycles. The second kappa shape index (κ2) is 9.82. The van der Waals surface area contributed by atoms with Crippen LogP contribution in [0.1, 0.15) is 0 Å². The van der Waals surface area contributed by atoms with Crippen LogP contribution in [0.2, 0.25) is 0 Å². The standard InChI is InChI=1S/FH2O4P.2Li.V/c1-5-6(2,3)4;;;/h(H2,2,3,4);;;/q;2*+1;/p-2. The maximum atomic E-state index is 10.1. The molecule has 0 spiro atoms. The molecule has 0 aliphatic heterocycles. The van der Waals surface area contributed by atoms with Crippen LogP contribution in [0.15, 0.2) is 0 Å². The molecule has 0 aromatic rings. The van der Waals surface area contributed by atoms with Gasteiger partial charge in [-0.1, -0.05) is 0 Å². The first-order valence-electron chi connectivity index (χ1n) is 0.885. The first-order valence-corrected chi connectivity index (χ1v) is 2.35. The minimum Gasteiger partial charge on any atom is -0.787 e. The average Bonchev–Trinajstić information content (AvgIpc) is 1.35. The Morgan fingerprint density at radius 3 is 1.44 bits per heavy atom. The van der Waals surface area contributed by atoms with Gasteiger partial charge in [-0.2, -0.15) is 4.73 Å². The van der Waals surface area contributed by atoms with Crippen molar-refractivity contribution >= 4 is 7.82 Å². The summed E-state index contributed by atoms with van der Waals surface area (Å²) in [5.41, 5.74) is 0. The fourth-order valence-electron chi connectivity index (χ4n) is 0. The summed E-state index contributed by atoms with van der Waals surface area (Å²) in [6.07, 6.45) is 0. The van der Waals surface area contributed by atoms with Gasteiger partial charge in [-0.3, -0.25) is 0 Å². The Labute approximate surface area is 87.3 Å². The Balaban J connectivity index is -0.0000000417. The van der Waals surface area contributed by atoms with E-state index >= 15 is 0 Å². The van der Waals surface area contributed by atoms with Gasteiger partial charge in [0.15, 0.2) is 0 Å². The molecule has 4 nitrogen and oxygen atoms in total. The van der Waals surface area contributed by atoms with Gasteiger partial charge in [0.25, 0.3) is 0 Å². The van der Waals surface area contributed by atoms with Crippen molar-refractivity contribution in [2.24, 2.45) is 0 Å². The maximum absolute atomic E-state index is 10.1. The van der Waals surface area contributed by atoms with E-state index in [4.69, 9.17) is 14.4 Å². The third kappa shape index (κ3) is 25.8. The average molecular weight is 179 g/mol. The van der Waals surface area contributed by atoms with Crippen LogP contribution >= 0.6 is 7.82 Å². The topological polar surface area (TPSA) is 72.4 Å². The first-order chi connectivity index (χ1) is 2.56. The van der Waals surface area contributed by atoms with Crippen molar-refractivity contribution in [2.45, 2.75) is 0 Å². The molecule has 0 aliphatic rings. The number of halogens is 1. The largest absolute Gasteiger partial charge is 1.00 e. The molecule has 0 aromatic heterocycles. The van der Waals surface area contributed by atoms with Crippen molar-refractivity contribution in [3.8, 4) is 0 Å². The van der Waals surface area contributed by atoms with Crippen molar-refractivity contribution in [3.05, 3.63) is 0 Å². The van der Waals surface area contributed by atoms with Gasteiger partial charge >= 0.3 is 37.7 Å². The van der Waals surface area contributed by atoms with E-state index < -0.39 is 7.82 Å². The van der Waals surface area contributed by atoms with Gasteiger partial charge in [0.1, 0.15) is 7.82 Å². The van der Waals surface area contributed by atoms with E-state index in [2.05, 4.69) is 0 Å². The fourth-order valence-corrected chi connectivity index (χ4v) is 0. The molecule has 0 saturated heterocycles. The fraction of sp³-hybridized carbons (Fsp3) is 0. The van der Waals surface area contributed by atoms with E-state index in [0.717, 1.165) is 0 Å². The van der Waals surface area contributed by atoms with Crippen LogP contribution in [0.4, 0.5) is 4.53 Å². The zero-order chi connectivity index (χ0) is 5.21. The molecule has 0 N–H and O–H groups in total. The summed E-state index contributed by atoms with van der Waals surface area (Å²) in [5, 5.41) is 0. The first kappa shape index (κ1) is 22.4. The molecule has 0 unspecified atom stereocenters. The number of phosphoric acid groups is 1. The third-order valence-electron chi connectivity index (χ3n) is 0.0845. The van der Waals surface area contributed by atoms with Crippen molar-refractivity contribution in [2.75, 3.05) is 0 Å². The summed E-state index contributed by atoms with van der Waals surface area (Å²) < 4.78 is 20.9. The predicted molar refractivity (Wildman–Crippen MR) is 9.80 cm³/mol. The SMILES string of the molecule is O=P([O-])([O-])OF.[Li+].[Li+].[V]. The molecule has 0 atom stereocenters. The van der Waals surface area contributed by atoms with E-state index in [0.29, 0.717) is 0 Å². The Morgan fingerprint density at radius 1 is 1.33 bits per heavy atom. The van der Waals surface area contributed by atoms with Crippen molar-refractivity contribution in [3.63, 3.8) is 0 Å². The summed E-state index contributed by atoms with van der Waals surface area (Å²) in [4.78, 5) is 17.8. The maximum Gasteiger partial charge on any atom is 1.00 e. The summed E-state index contributed by atoms with van der Waals surface area (Å²) >= 11 is 0. The second-order valence-corrected chi connectivity index (χ2v) is 1.55. The van der Waals surface area contributed by atoms with Gasteiger partial charge in [-0.05, 0) is 4.53 Å². The molecule has 0 saturated carbocycles. The molecule has 0 rings (SSSR count). The van der Waals surface area contributed by atoms with Crippen molar-refractivity contribution < 1.29 is 79.9 Å². The molecule has 43 valence electrons. The zero-order valence-electron chi connectivity index (χ0n) is 4.91. The normalized spacial score (nSPS) is 7.89. The van der Waals surface area contributed by atoms with Gasteiger partial charge in [0.2, 0.25) is 0 Å². The number of hydrogen-bond acceptors (Lipinski definition) is 4. The van der Waals surface area contributed by atoms with Gasteiger partial charge in [-0.25, -0.2) is 0 Å². The zero-order valence-corrected chi connectivity index (χ0v) is 7.20. The molecule has 1 radical (unpaired) electrons. The monoisotopic (exact) mass is 179 g/mol. The molecule has 9 heavy (non-hydrogen) atoms. The van der Waals surface area contributed by atoms with E-state index in [-0.39, 0.29) is 56.3 Å². The molecular weight excluding hydrogens is 179 g/mol. The molecule has 0 amide bonds. The van der Waals surface area contributed by atoms with E-state index in [1.54, 1.807) is 0 Å². The molecule has 9 heteroatoms. The molecule has 0 aliphatic carbocycles. The number of rotatable bonds is 1. The van der Waals surface area contributed by atoms with Crippen molar-refractivity contribution in [1.82, 2.24) is 0 Å². The van der Waals surface area contributed by atoms with Gasteiger partial charge < -0.3 is 14.4 Å². The van der Waals surface area contributed by atoms with Crippen molar-refractivity contribution in [1.29, 1.82) is 0 Å². The Kier molecular flexibility index (Phi) is 24.5.